The average molecular weight is 563 g/mol. The van der Waals surface area contributed by atoms with Crippen LogP contribution in [0.25, 0.3) is 0 Å². The number of benzene rings is 2. The Labute approximate surface area is 224 Å². The summed E-state index contributed by atoms with van der Waals surface area (Å²) in [6.07, 6.45) is -9.47. The third-order valence-electron chi connectivity index (χ3n) is 4.57. The molecule has 0 fully saturated rings. The topological polar surface area (TPSA) is 113 Å². The predicted molar refractivity (Wildman–Crippen MR) is 126 cm³/mol. The summed E-state index contributed by atoms with van der Waals surface area (Å²) in [4.78, 5) is 27.7. The average Bonchev–Trinajstić information content (AvgIpc) is 2.78. The molecular formula is C22H11B3F7N3O5. The molecule has 0 bridgehead atoms. The summed E-state index contributed by atoms with van der Waals surface area (Å²) in [5.41, 5.74) is 1.53. The van der Waals surface area contributed by atoms with Crippen molar-refractivity contribution in [3.63, 3.8) is 0 Å². The first kappa shape index (κ1) is 30.2. The third kappa shape index (κ3) is 7.83. The molecule has 0 unspecified atom stereocenters. The largest absolute Gasteiger partial charge is 0.573 e. The minimum Gasteiger partial charge on any atom is -0.512 e. The van der Waals surface area contributed by atoms with Crippen molar-refractivity contribution < 1.29 is 54.5 Å². The highest BCUT2D eigenvalue weighted by Crippen LogP contribution is 2.41. The summed E-state index contributed by atoms with van der Waals surface area (Å²) >= 11 is 0. The number of anilines is 1. The molecule has 0 atom stereocenters. The number of ether oxygens (including phenoxy) is 3. The van der Waals surface area contributed by atoms with Crippen LogP contribution in [0.4, 0.5) is 36.4 Å². The van der Waals surface area contributed by atoms with E-state index >= 15 is 4.39 Å². The highest BCUT2D eigenvalue weighted by Gasteiger charge is 2.38. The number of carbonyl (C=O) groups is 2. The van der Waals surface area contributed by atoms with Crippen LogP contribution in [0, 0.1) is 5.82 Å². The lowest BCUT2D eigenvalue weighted by molar-refractivity contribution is -0.274. The SMILES string of the molecule is [B]C([B])([B])Oc1cc(OC(F)(F)F)ccc1Oc1ccc(C(F)(F)F)c(F)c1C(=O)Nc1ccc(C(N)=O)nc1. The van der Waals surface area contributed by atoms with E-state index in [1.165, 1.54) is 0 Å². The molecule has 3 rings (SSSR count). The normalized spacial score (nSPS) is 12.0. The van der Waals surface area contributed by atoms with Crippen molar-refractivity contribution in [1.82, 2.24) is 4.98 Å². The summed E-state index contributed by atoms with van der Waals surface area (Å²) < 4.78 is 107. The second-order valence-corrected chi connectivity index (χ2v) is 7.76. The van der Waals surface area contributed by atoms with Gasteiger partial charge in [0, 0.05) is 6.07 Å². The highest BCUT2D eigenvalue weighted by atomic mass is 19.4. The van der Waals surface area contributed by atoms with Crippen molar-refractivity contribution in [3.8, 4) is 23.0 Å². The lowest BCUT2D eigenvalue weighted by Gasteiger charge is -2.25. The Hall–Kier alpha value is -4.37. The first-order chi connectivity index (χ1) is 18.3. The Kier molecular flexibility index (Phi) is 8.31. The van der Waals surface area contributed by atoms with E-state index in [1.54, 1.807) is 0 Å². The minimum atomic E-state index is -5.24. The van der Waals surface area contributed by atoms with Crippen LogP contribution >= 0.6 is 0 Å². The quantitative estimate of drug-likeness (QED) is 0.319. The van der Waals surface area contributed by atoms with E-state index in [1.807, 2.05) is 0 Å². The summed E-state index contributed by atoms with van der Waals surface area (Å²) in [6, 6.07) is 5.04. The first-order valence-corrected chi connectivity index (χ1v) is 10.4. The number of amides is 2. The Morgan fingerprint density at radius 3 is 2.05 bits per heavy atom. The van der Waals surface area contributed by atoms with E-state index in [2.05, 4.69) is 15.0 Å². The Bertz CT molecular complexity index is 1430. The maximum absolute atomic E-state index is 15.1. The van der Waals surface area contributed by atoms with Crippen molar-refractivity contribution >= 4 is 41.0 Å². The summed E-state index contributed by atoms with van der Waals surface area (Å²) in [5.74, 6) is -7.52. The number of carbonyl (C=O) groups excluding carboxylic acids is 2. The number of pyridine rings is 1. The van der Waals surface area contributed by atoms with Gasteiger partial charge < -0.3 is 25.3 Å². The molecule has 2 amide bonds. The number of nitrogens with one attached hydrogen (secondary N) is 1. The monoisotopic (exact) mass is 563 g/mol. The van der Waals surface area contributed by atoms with E-state index in [4.69, 9.17) is 38.7 Å². The molecule has 3 aromatic rings. The van der Waals surface area contributed by atoms with E-state index in [0.717, 1.165) is 24.4 Å². The molecule has 0 saturated heterocycles. The predicted octanol–water partition coefficient (Wildman–Crippen LogP) is 3.78. The molecule has 40 heavy (non-hydrogen) atoms. The molecule has 202 valence electrons. The molecule has 6 radical (unpaired) electrons. The zero-order chi connectivity index (χ0) is 30.0. The molecule has 2 aromatic carbocycles. The second-order valence-electron chi connectivity index (χ2n) is 7.76. The van der Waals surface area contributed by atoms with Gasteiger partial charge in [-0.2, -0.15) is 13.2 Å². The van der Waals surface area contributed by atoms with E-state index < -0.39 is 69.6 Å². The standard InChI is InChI=1S/C22H11B3F7N3O5/c23-21(24,25)40-15-7-10(39-22(30,31)32)2-5-13(15)38-14-6-3-11(20(27,28)29)17(26)16(14)19(37)35-9-1-4-12(18(33)36)34-8-9/h1-8H,(H2,33,36)(H,35,37). The molecular weight excluding hydrogens is 552 g/mol. The number of hydrogen-bond donors (Lipinski definition) is 2. The van der Waals surface area contributed by atoms with Gasteiger partial charge in [0.25, 0.3) is 11.8 Å². The van der Waals surface area contributed by atoms with Gasteiger partial charge in [-0.05, 0) is 41.7 Å². The van der Waals surface area contributed by atoms with Gasteiger partial charge in [0.1, 0.15) is 46.3 Å². The Balaban J connectivity index is 2.08. The number of halogens is 7. The van der Waals surface area contributed by atoms with E-state index in [9.17, 15) is 35.9 Å². The van der Waals surface area contributed by atoms with Gasteiger partial charge in [0.05, 0.1) is 17.4 Å². The van der Waals surface area contributed by atoms with Gasteiger partial charge in [0.15, 0.2) is 17.3 Å². The first-order valence-electron chi connectivity index (χ1n) is 10.4. The van der Waals surface area contributed by atoms with Crippen LogP contribution in [0.3, 0.4) is 0 Å². The van der Waals surface area contributed by atoms with Gasteiger partial charge in [-0.25, -0.2) is 9.37 Å². The highest BCUT2D eigenvalue weighted by molar-refractivity contribution is 6.58. The summed E-state index contributed by atoms with van der Waals surface area (Å²) in [5, 5.41) is -0.429. The molecule has 1 aromatic heterocycles. The van der Waals surface area contributed by atoms with Gasteiger partial charge in [-0.1, -0.05) is 0 Å². The smallest absolute Gasteiger partial charge is 0.512 e. The van der Waals surface area contributed by atoms with Crippen molar-refractivity contribution in [3.05, 3.63) is 71.3 Å². The van der Waals surface area contributed by atoms with Crippen LogP contribution in [-0.2, 0) is 6.18 Å². The van der Waals surface area contributed by atoms with Crippen molar-refractivity contribution in [2.75, 3.05) is 5.32 Å². The van der Waals surface area contributed by atoms with Gasteiger partial charge in [0.2, 0.25) is 0 Å². The van der Waals surface area contributed by atoms with Gasteiger partial charge in [-0.15, -0.1) is 13.2 Å². The van der Waals surface area contributed by atoms with Gasteiger partial charge in [-0.3, -0.25) is 9.59 Å². The van der Waals surface area contributed by atoms with Crippen molar-refractivity contribution in [2.45, 2.75) is 17.8 Å². The fraction of sp³-hybridized carbons (Fsp3) is 0.136. The molecule has 0 aliphatic rings. The maximum Gasteiger partial charge on any atom is 0.573 e. The summed E-state index contributed by atoms with van der Waals surface area (Å²) in [6.45, 7) is 0. The zero-order valence-corrected chi connectivity index (χ0v) is 19.6. The number of rotatable bonds is 8. The zero-order valence-electron chi connectivity index (χ0n) is 19.6. The molecule has 18 heteroatoms. The number of hydrogen-bond acceptors (Lipinski definition) is 6. The maximum atomic E-state index is 15.1. The number of aromatic nitrogens is 1. The molecule has 1 heterocycles. The van der Waals surface area contributed by atoms with Gasteiger partial charge >= 0.3 is 12.5 Å². The van der Waals surface area contributed by atoms with Crippen LogP contribution in [-0.4, -0.2) is 52.0 Å². The third-order valence-corrected chi connectivity index (χ3v) is 4.57. The molecule has 0 spiro atoms. The number of nitrogens with zero attached hydrogens (tertiary/aromatic N) is 1. The summed E-state index contributed by atoms with van der Waals surface area (Å²) in [7, 11) is 16.0. The number of primary amides is 1. The van der Waals surface area contributed by atoms with Crippen molar-refractivity contribution in [1.29, 1.82) is 0 Å². The van der Waals surface area contributed by atoms with Crippen LogP contribution in [0.5, 0.6) is 23.0 Å². The minimum absolute atomic E-state index is 0.186. The van der Waals surface area contributed by atoms with Crippen LogP contribution in [0.15, 0.2) is 48.7 Å². The van der Waals surface area contributed by atoms with Crippen molar-refractivity contribution in [2.24, 2.45) is 5.73 Å². The lowest BCUT2D eigenvalue weighted by atomic mass is 9.52. The van der Waals surface area contributed by atoms with Crippen LogP contribution < -0.4 is 25.3 Å². The molecule has 0 aliphatic carbocycles. The van der Waals surface area contributed by atoms with E-state index in [-0.39, 0.29) is 17.4 Å². The fourth-order valence-corrected chi connectivity index (χ4v) is 3.04. The lowest BCUT2D eigenvalue weighted by Crippen LogP contribution is -2.37. The molecule has 3 N–H and O–H groups in total. The molecule has 8 nitrogen and oxygen atoms in total. The second kappa shape index (κ2) is 11.0. The Morgan fingerprint density at radius 2 is 1.52 bits per heavy atom. The Morgan fingerprint density at radius 1 is 0.875 bits per heavy atom. The fourth-order valence-electron chi connectivity index (χ4n) is 3.04. The molecule has 0 aliphatic heterocycles. The molecule has 0 saturated carbocycles. The van der Waals surface area contributed by atoms with E-state index in [0.29, 0.717) is 18.2 Å². The van der Waals surface area contributed by atoms with Crippen LogP contribution in [0.2, 0.25) is 0 Å². The van der Waals surface area contributed by atoms with Crippen LogP contribution in [0.1, 0.15) is 26.4 Å². The number of alkyl halides is 6. The number of nitrogens with two attached hydrogens (primary N) is 1.